The van der Waals surface area contributed by atoms with Crippen molar-refractivity contribution >= 4 is 18.3 Å². The van der Waals surface area contributed by atoms with Crippen molar-refractivity contribution in [2.24, 2.45) is 5.41 Å². The van der Waals surface area contributed by atoms with E-state index in [9.17, 15) is 4.79 Å². The van der Waals surface area contributed by atoms with E-state index in [1.54, 1.807) is 0 Å². The summed E-state index contributed by atoms with van der Waals surface area (Å²) in [5, 5.41) is 6.40. The fourth-order valence-electron chi connectivity index (χ4n) is 2.92. The highest BCUT2D eigenvalue weighted by molar-refractivity contribution is 5.85. The predicted octanol–water partition coefficient (Wildman–Crippen LogP) is 1.89. The molecule has 2 aliphatic heterocycles. The van der Waals surface area contributed by atoms with Crippen molar-refractivity contribution in [3.8, 4) is 0 Å². The van der Waals surface area contributed by atoms with Crippen molar-refractivity contribution in [1.29, 1.82) is 0 Å². The van der Waals surface area contributed by atoms with Gasteiger partial charge in [-0.25, -0.2) is 0 Å². The molecular weight excluding hydrogens is 304 g/mol. The van der Waals surface area contributed by atoms with Crippen molar-refractivity contribution in [2.45, 2.75) is 58.2 Å². The van der Waals surface area contributed by atoms with Gasteiger partial charge in [0.25, 0.3) is 0 Å². The molecule has 6 heteroatoms. The van der Waals surface area contributed by atoms with Crippen LogP contribution in [0, 0.1) is 5.41 Å². The Morgan fingerprint density at radius 1 is 1.41 bits per heavy atom. The molecule has 2 aliphatic rings. The molecule has 22 heavy (non-hydrogen) atoms. The number of ether oxygens (including phenoxy) is 2. The Morgan fingerprint density at radius 2 is 2.14 bits per heavy atom. The first-order valence-electron chi connectivity index (χ1n) is 8.31. The van der Waals surface area contributed by atoms with E-state index in [2.05, 4.69) is 17.6 Å². The van der Waals surface area contributed by atoms with Crippen molar-refractivity contribution in [3.63, 3.8) is 0 Å². The lowest BCUT2D eigenvalue weighted by Crippen LogP contribution is -2.45. The van der Waals surface area contributed by atoms with Crippen LogP contribution >= 0.6 is 12.4 Å². The van der Waals surface area contributed by atoms with E-state index in [1.807, 2.05) is 6.92 Å². The number of piperidine rings is 1. The van der Waals surface area contributed by atoms with E-state index in [0.29, 0.717) is 6.61 Å². The second-order valence-corrected chi connectivity index (χ2v) is 6.74. The maximum absolute atomic E-state index is 12.1. The third kappa shape index (κ3) is 6.41. The van der Waals surface area contributed by atoms with Gasteiger partial charge in [0.2, 0.25) is 5.91 Å². The van der Waals surface area contributed by atoms with Gasteiger partial charge < -0.3 is 20.1 Å². The predicted molar refractivity (Wildman–Crippen MR) is 89.5 cm³/mol. The van der Waals surface area contributed by atoms with Crippen LogP contribution in [-0.4, -0.2) is 51.0 Å². The van der Waals surface area contributed by atoms with E-state index in [-0.39, 0.29) is 29.8 Å². The third-order valence-electron chi connectivity index (χ3n) is 4.68. The van der Waals surface area contributed by atoms with Crippen LogP contribution in [0.3, 0.4) is 0 Å². The Balaban J connectivity index is 0.00000242. The van der Waals surface area contributed by atoms with Gasteiger partial charge in [-0.3, -0.25) is 4.79 Å². The third-order valence-corrected chi connectivity index (χ3v) is 4.68. The lowest BCUT2D eigenvalue weighted by molar-refractivity contribution is -0.136. The first kappa shape index (κ1) is 19.7. The van der Waals surface area contributed by atoms with E-state index in [1.165, 1.54) is 6.42 Å². The van der Waals surface area contributed by atoms with Gasteiger partial charge >= 0.3 is 0 Å². The Labute approximate surface area is 140 Å². The maximum atomic E-state index is 12.1. The molecule has 0 aromatic heterocycles. The summed E-state index contributed by atoms with van der Waals surface area (Å²) in [6.45, 7) is 8.23. The topological polar surface area (TPSA) is 59.6 Å². The minimum Gasteiger partial charge on any atom is -0.376 e. The zero-order valence-electron chi connectivity index (χ0n) is 13.9. The zero-order valence-corrected chi connectivity index (χ0v) is 14.7. The van der Waals surface area contributed by atoms with Crippen LogP contribution in [-0.2, 0) is 14.3 Å². The first-order chi connectivity index (χ1) is 10.1. The van der Waals surface area contributed by atoms with Crippen LogP contribution in [0.5, 0.6) is 0 Å². The van der Waals surface area contributed by atoms with Gasteiger partial charge in [0.1, 0.15) is 6.10 Å². The molecule has 1 amide bonds. The maximum Gasteiger partial charge on any atom is 0.248 e. The summed E-state index contributed by atoms with van der Waals surface area (Å²) in [4.78, 5) is 12.1. The molecule has 0 bridgehead atoms. The number of carbonyl (C=O) groups is 1. The molecule has 2 unspecified atom stereocenters. The van der Waals surface area contributed by atoms with Crippen LogP contribution in [0.25, 0.3) is 0 Å². The van der Waals surface area contributed by atoms with Crippen LogP contribution < -0.4 is 10.6 Å². The molecule has 130 valence electrons. The highest BCUT2D eigenvalue weighted by atomic mass is 35.5. The van der Waals surface area contributed by atoms with Gasteiger partial charge in [0, 0.05) is 13.2 Å². The molecule has 0 spiro atoms. The molecule has 0 aliphatic carbocycles. The fourth-order valence-corrected chi connectivity index (χ4v) is 2.92. The van der Waals surface area contributed by atoms with Gasteiger partial charge in [-0.1, -0.05) is 6.92 Å². The second-order valence-electron chi connectivity index (χ2n) is 6.74. The molecule has 2 heterocycles. The normalized spacial score (nSPS) is 25.8. The monoisotopic (exact) mass is 334 g/mol. The van der Waals surface area contributed by atoms with Crippen molar-refractivity contribution < 1.29 is 14.3 Å². The van der Waals surface area contributed by atoms with E-state index in [4.69, 9.17) is 9.47 Å². The first-order valence-corrected chi connectivity index (χ1v) is 8.31. The van der Waals surface area contributed by atoms with Crippen LogP contribution in [0.1, 0.15) is 46.0 Å². The highest BCUT2D eigenvalue weighted by Crippen LogP contribution is 2.26. The Kier molecular flexibility index (Phi) is 8.69. The summed E-state index contributed by atoms with van der Waals surface area (Å²) in [5.41, 5.74) is 0.215. The van der Waals surface area contributed by atoms with E-state index >= 15 is 0 Å². The molecular formula is C16H31ClN2O3. The summed E-state index contributed by atoms with van der Waals surface area (Å²) >= 11 is 0. The van der Waals surface area contributed by atoms with Gasteiger partial charge in [-0.15, -0.1) is 12.4 Å². The Bertz CT molecular complexity index is 329. The minimum atomic E-state index is -0.402. The molecule has 2 fully saturated rings. The quantitative estimate of drug-likeness (QED) is 0.778. The molecule has 0 saturated carbocycles. The van der Waals surface area contributed by atoms with Crippen molar-refractivity contribution in [3.05, 3.63) is 0 Å². The molecule has 0 radical (unpaired) electrons. The number of amides is 1. The Morgan fingerprint density at radius 3 is 2.77 bits per heavy atom. The molecule has 0 aromatic rings. The standard InChI is InChI=1S/C16H30N2O3.ClH/c1-13(21-11-14-5-3-4-10-20-14)15(19)18-12-16(2)6-8-17-9-7-16;/h13-14,17H,3-12H2,1-2H3,(H,18,19);1H. The molecule has 2 rings (SSSR count). The molecule has 2 saturated heterocycles. The minimum absolute atomic E-state index is 0. The average Bonchev–Trinajstić information content (AvgIpc) is 2.52. The van der Waals surface area contributed by atoms with Gasteiger partial charge in [0.15, 0.2) is 0 Å². The van der Waals surface area contributed by atoms with Gasteiger partial charge in [-0.05, 0) is 57.5 Å². The molecule has 0 aromatic carbocycles. The zero-order chi connectivity index (χ0) is 15.1. The average molecular weight is 335 g/mol. The van der Waals surface area contributed by atoms with Gasteiger partial charge in [0.05, 0.1) is 12.7 Å². The number of rotatable bonds is 6. The second kappa shape index (κ2) is 9.71. The largest absolute Gasteiger partial charge is 0.376 e. The van der Waals surface area contributed by atoms with Crippen LogP contribution in [0.2, 0.25) is 0 Å². The number of carbonyl (C=O) groups excluding carboxylic acids is 1. The van der Waals surface area contributed by atoms with Crippen molar-refractivity contribution in [2.75, 3.05) is 32.8 Å². The van der Waals surface area contributed by atoms with Gasteiger partial charge in [-0.2, -0.15) is 0 Å². The lowest BCUT2D eigenvalue weighted by atomic mass is 9.81. The van der Waals surface area contributed by atoms with Crippen LogP contribution in [0.15, 0.2) is 0 Å². The summed E-state index contributed by atoms with van der Waals surface area (Å²) in [6, 6.07) is 0. The molecule has 2 N–H and O–H groups in total. The summed E-state index contributed by atoms with van der Waals surface area (Å²) in [6.07, 6.45) is 5.36. The SMILES string of the molecule is CC(OCC1CCCCO1)C(=O)NCC1(C)CCNCC1.Cl. The van der Waals surface area contributed by atoms with Crippen molar-refractivity contribution in [1.82, 2.24) is 10.6 Å². The number of hydrogen-bond acceptors (Lipinski definition) is 4. The van der Waals surface area contributed by atoms with E-state index < -0.39 is 6.10 Å². The number of nitrogens with one attached hydrogen (secondary N) is 2. The summed E-state index contributed by atoms with van der Waals surface area (Å²) in [7, 11) is 0. The highest BCUT2D eigenvalue weighted by Gasteiger charge is 2.28. The fraction of sp³-hybridized carbons (Fsp3) is 0.938. The number of halogens is 1. The number of hydrogen-bond donors (Lipinski definition) is 2. The summed E-state index contributed by atoms with van der Waals surface area (Å²) < 4.78 is 11.3. The Hall–Kier alpha value is -0.360. The summed E-state index contributed by atoms with van der Waals surface area (Å²) in [5.74, 6) is -0.00873. The smallest absolute Gasteiger partial charge is 0.248 e. The molecule has 2 atom stereocenters. The van der Waals surface area contributed by atoms with E-state index in [0.717, 1.165) is 51.9 Å². The molecule has 5 nitrogen and oxygen atoms in total. The lowest BCUT2D eigenvalue weighted by Gasteiger charge is -2.34. The van der Waals surface area contributed by atoms with Crippen LogP contribution in [0.4, 0.5) is 0 Å².